The Morgan fingerprint density at radius 3 is 2.61 bits per heavy atom. The van der Waals surface area contributed by atoms with Crippen LogP contribution in [0.25, 0.3) is 6.08 Å². The summed E-state index contributed by atoms with van der Waals surface area (Å²) in [5.74, 6) is 0. The number of rotatable bonds is 5. The van der Waals surface area contributed by atoms with Crippen LogP contribution in [0.5, 0.6) is 0 Å². The van der Waals surface area contributed by atoms with Gasteiger partial charge in [-0.3, -0.25) is 0 Å². The molecule has 1 N–H and O–H groups in total. The molecule has 23 heavy (non-hydrogen) atoms. The van der Waals surface area contributed by atoms with Crippen molar-refractivity contribution >= 4 is 29.1 Å². The van der Waals surface area contributed by atoms with Crippen LogP contribution in [0.3, 0.4) is 0 Å². The Bertz CT molecular complexity index is 652. The largest absolute Gasteiger partial charge is 0.382 e. The topological polar surface area (TPSA) is 24.5 Å². The Balaban J connectivity index is 1.56. The van der Waals surface area contributed by atoms with Gasteiger partial charge in [0, 0.05) is 25.3 Å². The van der Waals surface area contributed by atoms with Crippen LogP contribution in [0.1, 0.15) is 5.56 Å². The number of hydrogen-bond acceptors (Lipinski definition) is 3. The van der Waals surface area contributed by atoms with Crippen LogP contribution in [0.4, 0.5) is 11.4 Å². The van der Waals surface area contributed by atoms with Crippen LogP contribution < -0.4 is 10.2 Å². The van der Waals surface area contributed by atoms with Gasteiger partial charge in [-0.05, 0) is 23.8 Å². The highest BCUT2D eigenvalue weighted by Gasteiger charge is 2.14. The van der Waals surface area contributed by atoms with Gasteiger partial charge in [0.25, 0.3) is 0 Å². The van der Waals surface area contributed by atoms with Crippen molar-refractivity contribution in [3.63, 3.8) is 0 Å². The summed E-state index contributed by atoms with van der Waals surface area (Å²) in [5.41, 5.74) is 3.32. The second kappa shape index (κ2) is 8.04. The first-order chi connectivity index (χ1) is 11.3. The second-order valence-electron chi connectivity index (χ2n) is 5.46. The van der Waals surface area contributed by atoms with Crippen LogP contribution in [0.2, 0.25) is 5.02 Å². The lowest BCUT2D eigenvalue weighted by molar-refractivity contribution is 0.122. The predicted octanol–water partition coefficient (Wildman–Crippen LogP) is 4.30. The maximum Gasteiger partial charge on any atom is 0.0660 e. The summed E-state index contributed by atoms with van der Waals surface area (Å²) < 4.78 is 5.38. The number of ether oxygens (including phenoxy) is 1. The smallest absolute Gasteiger partial charge is 0.0660 e. The Morgan fingerprint density at radius 1 is 1.09 bits per heavy atom. The lowest BCUT2D eigenvalue weighted by Gasteiger charge is -2.29. The molecule has 0 spiro atoms. The van der Waals surface area contributed by atoms with Gasteiger partial charge in [0.2, 0.25) is 0 Å². The van der Waals surface area contributed by atoms with E-state index in [1.165, 1.54) is 5.56 Å². The fourth-order valence-electron chi connectivity index (χ4n) is 2.61. The molecule has 4 heteroatoms. The molecule has 0 atom stereocenters. The van der Waals surface area contributed by atoms with E-state index in [0.29, 0.717) is 0 Å². The summed E-state index contributed by atoms with van der Waals surface area (Å²) in [7, 11) is 0. The van der Waals surface area contributed by atoms with Crippen molar-refractivity contribution in [3.05, 3.63) is 65.2 Å². The normalized spacial score (nSPS) is 15.1. The van der Waals surface area contributed by atoms with Gasteiger partial charge in [-0.2, -0.15) is 0 Å². The molecular weight excluding hydrogens is 308 g/mol. The first-order valence-corrected chi connectivity index (χ1v) is 8.28. The molecule has 0 amide bonds. The summed E-state index contributed by atoms with van der Waals surface area (Å²) in [5, 5.41) is 4.15. The molecule has 2 aromatic carbocycles. The molecule has 0 aromatic heterocycles. The Kier molecular flexibility index (Phi) is 5.56. The van der Waals surface area contributed by atoms with Crippen molar-refractivity contribution in [1.29, 1.82) is 0 Å². The maximum absolute atomic E-state index is 6.43. The summed E-state index contributed by atoms with van der Waals surface area (Å²) in [6, 6.07) is 16.4. The molecule has 0 unspecified atom stereocenters. The Hall–Kier alpha value is -1.97. The SMILES string of the molecule is Clc1cc(NC/C=C/c2ccccc2)ccc1N1CCOCC1. The van der Waals surface area contributed by atoms with Crippen LogP contribution in [-0.4, -0.2) is 32.8 Å². The first-order valence-electron chi connectivity index (χ1n) is 7.90. The first kappa shape index (κ1) is 15.9. The molecule has 1 fully saturated rings. The summed E-state index contributed by atoms with van der Waals surface area (Å²) in [6.45, 7) is 4.09. The highest BCUT2D eigenvalue weighted by Crippen LogP contribution is 2.29. The zero-order valence-corrected chi connectivity index (χ0v) is 13.8. The number of benzene rings is 2. The van der Waals surface area contributed by atoms with E-state index in [2.05, 4.69) is 46.6 Å². The maximum atomic E-state index is 6.43. The molecule has 1 aliphatic rings. The lowest BCUT2D eigenvalue weighted by atomic mass is 10.2. The number of morpholine rings is 1. The zero-order chi connectivity index (χ0) is 15.9. The van der Waals surface area contributed by atoms with Gasteiger partial charge >= 0.3 is 0 Å². The number of nitrogens with zero attached hydrogens (tertiary/aromatic N) is 1. The average Bonchev–Trinajstić information content (AvgIpc) is 2.60. The van der Waals surface area contributed by atoms with Crippen LogP contribution >= 0.6 is 11.6 Å². The van der Waals surface area contributed by atoms with Crippen molar-refractivity contribution in [3.8, 4) is 0 Å². The molecule has 0 radical (unpaired) electrons. The highest BCUT2D eigenvalue weighted by atomic mass is 35.5. The average molecular weight is 329 g/mol. The van der Waals surface area contributed by atoms with Gasteiger partial charge in [0.1, 0.15) is 0 Å². The van der Waals surface area contributed by atoms with Gasteiger partial charge in [-0.1, -0.05) is 54.1 Å². The van der Waals surface area contributed by atoms with E-state index in [0.717, 1.165) is 49.2 Å². The van der Waals surface area contributed by atoms with Gasteiger partial charge in [-0.15, -0.1) is 0 Å². The quantitative estimate of drug-likeness (QED) is 0.885. The van der Waals surface area contributed by atoms with E-state index in [4.69, 9.17) is 16.3 Å². The minimum absolute atomic E-state index is 0.764. The van der Waals surface area contributed by atoms with E-state index in [9.17, 15) is 0 Å². The van der Waals surface area contributed by atoms with E-state index >= 15 is 0 Å². The summed E-state index contributed by atoms with van der Waals surface area (Å²) in [4.78, 5) is 2.27. The molecule has 1 aliphatic heterocycles. The fraction of sp³-hybridized carbons (Fsp3) is 0.263. The van der Waals surface area contributed by atoms with Crippen LogP contribution in [-0.2, 0) is 4.74 Å². The van der Waals surface area contributed by atoms with E-state index < -0.39 is 0 Å². The standard InChI is InChI=1S/C19H21ClN2O/c20-18-15-17(8-9-19(18)22-11-13-23-14-12-22)21-10-4-7-16-5-2-1-3-6-16/h1-9,15,21H,10-14H2/b7-4+. The number of hydrogen-bond donors (Lipinski definition) is 1. The van der Waals surface area contributed by atoms with Crippen LogP contribution in [0.15, 0.2) is 54.6 Å². The summed E-state index contributed by atoms with van der Waals surface area (Å²) >= 11 is 6.43. The third kappa shape index (κ3) is 4.50. The van der Waals surface area contributed by atoms with Crippen molar-refractivity contribution in [2.45, 2.75) is 0 Å². The molecule has 3 nitrogen and oxygen atoms in total. The van der Waals surface area contributed by atoms with E-state index in [-0.39, 0.29) is 0 Å². The fourth-order valence-corrected chi connectivity index (χ4v) is 2.91. The van der Waals surface area contributed by atoms with E-state index in [1.807, 2.05) is 24.3 Å². The van der Waals surface area contributed by atoms with Crippen molar-refractivity contribution in [2.24, 2.45) is 0 Å². The number of halogens is 1. The summed E-state index contributed by atoms with van der Waals surface area (Å²) in [6.07, 6.45) is 4.22. The number of nitrogens with one attached hydrogen (secondary N) is 1. The van der Waals surface area contributed by atoms with Gasteiger partial charge < -0.3 is 15.0 Å². The number of anilines is 2. The highest BCUT2D eigenvalue weighted by molar-refractivity contribution is 6.33. The van der Waals surface area contributed by atoms with Crippen molar-refractivity contribution < 1.29 is 4.74 Å². The molecule has 120 valence electrons. The molecule has 3 rings (SSSR count). The third-order valence-electron chi connectivity index (χ3n) is 3.83. The minimum atomic E-state index is 0.764. The molecule has 0 saturated carbocycles. The second-order valence-corrected chi connectivity index (χ2v) is 5.87. The lowest BCUT2D eigenvalue weighted by Crippen LogP contribution is -2.36. The minimum Gasteiger partial charge on any atom is -0.382 e. The third-order valence-corrected chi connectivity index (χ3v) is 4.14. The molecule has 0 bridgehead atoms. The Labute approximate surface area is 142 Å². The predicted molar refractivity (Wildman–Crippen MR) is 98.4 cm³/mol. The molecule has 1 heterocycles. The molecule has 1 saturated heterocycles. The van der Waals surface area contributed by atoms with Gasteiger partial charge in [-0.25, -0.2) is 0 Å². The van der Waals surface area contributed by atoms with Crippen molar-refractivity contribution in [1.82, 2.24) is 0 Å². The van der Waals surface area contributed by atoms with E-state index in [1.54, 1.807) is 0 Å². The zero-order valence-electron chi connectivity index (χ0n) is 13.0. The molecule has 0 aliphatic carbocycles. The van der Waals surface area contributed by atoms with Gasteiger partial charge in [0.05, 0.1) is 23.9 Å². The van der Waals surface area contributed by atoms with Gasteiger partial charge in [0.15, 0.2) is 0 Å². The molecule has 2 aromatic rings. The Morgan fingerprint density at radius 2 is 1.87 bits per heavy atom. The van der Waals surface area contributed by atoms with Crippen LogP contribution in [0, 0.1) is 0 Å². The molecular formula is C19H21ClN2O. The van der Waals surface area contributed by atoms with Crippen molar-refractivity contribution in [2.75, 3.05) is 43.1 Å². The monoisotopic (exact) mass is 328 g/mol.